The van der Waals surface area contributed by atoms with Crippen LogP contribution in [-0.2, 0) is 9.47 Å². The van der Waals surface area contributed by atoms with Gasteiger partial charge in [0.05, 0.1) is 18.4 Å². The van der Waals surface area contributed by atoms with Gasteiger partial charge in [0.2, 0.25) is 0 Å². The molecule has 0 aliphatic carbocycles. The summed E-state index contributed by atoms with van der Waals surface area (Å²) >= 11 is 1.41. The van der Waals surface area contributed by atoms with Gasteiger partial charge in [0.1, 0.15) is 0 Å². The lowest BCUT2D eigenvalue weighted by molar-refractivity contribution is 0.0168. The van der Waals surface area contributed by atoms with Crippen LogP contribution < -0.4 is 10.6 Å². The van der Waals surface area contributed by atoms with E-state index in [2.05, 4.69) is 15.6 Å². The lowest BCUT2D eigenvalue weighted by Crippen LogP contribution is -2.30. The van der Waals surface area contributed by atoms with Crippen LogP contribution in [0.15, 0.2) is 35.7 Å². The quantitative estimate of drug-likeness (QED) is 0.706. The summed E-state index contributed by atoms with van der Waals surface area (Å²) in [4.78, 5) is 16.3. The maximum Gasteiger partial charge on any atom is 0.321 e. The van der Waals surface area contributed by atoms with Crippen LogP contribution in [0.1, 0.15) is 19.3 Å². The minimum absolute atomic E-state index is 0.243. The summed E-state index contributed by atoms with van der Waals surface area (Å²) in [6, 6.07) is 9.65. The fraction of sp³-hybridized carbons (Fsp3) is 0.444. The second-order valence-electron chi connectivity index (χ2n) is 5.85. The molecular weight excluding hydrogens is 338 g/mol. The summed E-state index contributed by atoms with van der Waals surface area (Å²) in [6.45, 7) is 2.68. The van der Waals surface area contributed by atoms with E-state index in [1.54, 1.807) is 0 Å². The van der Waals surface area contributed by atoms with Gasteiger partial charge >= 0.3 is 6.03 Å². The van der Waals surface area contributed by atoms with Crippen molar-refractivity contribution in [3.8, 4) is 11.3 Å². The van der Waals surface area contributed by atoms with E-state index in [0.717, 1.165) is 37.1 Å². The van der Waals surface area contributed by atoms with E-state index in [0.29, 0.717) is 24.9 Å². The topological polar surface area (TPSA) is 72.5 Å². The predicted octanol–water partition coefficient (Wildman–Crippen LogP) is 3.52. The number of benzene rings is 1. The third-order valence-corrected chi connectivity index (χ3v) is 4.63. The number of anilines is 1. The van der Waals surface area contributed by atoms with Gasteiger partial charge in [0.15, 0.2) is 5.13 Å². The third-order valence-electron chi connectivity index (χ3n) is 3.87. The first kappa shape index (κ1) is 17.8. The van der Waals surface area contributed by atoms with Crippen molar-refractivity contribution >= 4 is 22.5 Å². The number of hydrogen-bond donors (Lipinski definition) is 2. The number of rotatable bonds is 8. The van der Waals surface area contributed by atoms with Crippen LogP contribution in [0.5, 0.6) is 0 Å². The van der Waals surface area contributed by atoms with E-state index in [9.17, 15) is 4.79 Å². The highest BCUT2D eigenvalue weighted by Crippen LogP contribution is 2.24. The van der Waals surface area contributed by atoms with Crippen molar-refractivity contribution in [2.24, 2.45) is 0 Å². The van der Waals surface area contributed by atoms with Crippen LogP contribution in [0.3, 0.4) is 0 Å². The molecule has 6 nitrogen and oxygen atoms in total. The van der Waals surface area contributed by atoms with Crippen molar-refractivity contribution in [1.29, 1.82) is 0 Å². The molecule has 2 amide bonds. The van der Waals surface area contributed by atoms with Gasteiger partial charge in [-0.15, -0.1) is 11.3 Å². The van der Waals surface area contributed by atoms with Crippen molar-refractivity contribution < 1.29 is 14.3 Å². The Bertz CT molecular complexity index is 657. The minimum atomic E-state index is -0.243. The van der Waals surface area contributed by atoms with E-state index in [4.69, 9.17) is 9.47 Å². The molecule has 1 aliphatic rings. The van der Waals surface area contributed by atoms with Crippen LogP contribution in [-0.4, -0.2) is 43.5 Å². The smallest absolute Gasteiger partial charge is 0.321 e. The Balaban J connectivity index is 1.31. The van der Waals surface area contributed by atoms with Crippen LogP contribution in [0.4, 0.5) is 9.93 Å². The number of hydrogen-bond acceptors (Lipinski definition) is 5. The zero-order valence-corrected chi connectivity index (χ0v) is 14.9. The molecule has 1 aromatic carbocycles. The first-order valence-corrected chi connectivity index (χ1v) is 9.44. The third kappa shape index (κ3) is 5.81. The number of nitrogens with zero attached hydrogens (tertiary/aromatic N) is 1. The molecule has 0 radical (unpaired) electrons. The molecule has 2 aromatic rings. The Morgan fingerprint density at radius 2 is 2.24 bits per heavy atom. The summed E-state index contributed by atoms with van der Waals surface area (Å²) in [5.74, 6) is 0. The summed E-state index contributed by atoms with van der Waals surface area (Å²) in [5.41, 5.74) is 1.90. The summed E-state index contributed by atoms with van der Waals surface area (Å²) in [7, 11) is 0. The van der Waals surface area contributed by atoms with Crippen molar-refractivity contribution in [1.82, 2.24) is 10.3 Å². The fourth-order valence-corrected chi connectivity index (χ4v) is 3.30. The number of thiazole rings is 1. The van der Waals surface area contributed by atoms with Gasteiger partial charge in [-0.25, -0.2) is 9.78 Å². The molecule has 0 spiro atoms. The largest absolute Gasteiger partial charge is 0.379 e. The number of carbonyl (C=O) groups is 1. The molecule has 7 heteroatoms. The molecule has 1 aromatic heterocycles. The second-order valence-corrected chi connectivity index (χ2v) is 6.71. The Hall–Kier alpha value is -1.96. The number of carbonyl (C=O) groups excluding carboxylic acids is 1. The lowest BCUT2D eigenvalue weighted by Gasteiger charge is -2.10. The van der Waals surface area contributed by atoms with Gasteiger partial charge in [-0.2, -0.15) is 0 Å². The lowest BCUT2D eigenvalue weighted by atomic mass is 10.2. The fourth-order valence-electron chi connectivity index (χ4n) is 2.58. The summed E-state index contributed by atoms with van der Waals surface area (Å²) < 4.78 is 11.1. The highest BCUT2D eigenvalue weighted by molar-refractivity contribution is 7.14. The Morgan fingerprint density at radius 1 is 1.36 bits per heavy atom. The molecule has 134 valence electrons. The van der Waals surface area contributed by atoms with Gasteiger partial charge in [-0.05, 0) is 19.3 Å². The highest BCUT2D eigenvalue weighted by atomic mass is 32.1. The minimum Gasteiger partial charge on any atom is -0.379 e. The van der Waals surface area contributed by atoms with Crippen LogP contribution in [0, 0.1) is 0 Å². The van der Waals surface area contributed by atoms with Crippen molar-refractivity contribution in [2.45, 2.75) is 25.4 Å². The average Bonchev–Trinajstić information content (AvgIpc) is 3.31. The number of urea groups is 1. The zero-order chi connectivity index (χ0) is 17.3. The van der Waals surface area contributed by atoms with E-state index in [1.165, 1.54) is 11.3 Å². The first-order chi connectivity index (χ1) is 12.3. The van der Waals surface area contributed by atoms with Gasteiger partial charge in [-0.1, -0.05) is 30.3 Å². The average molecular weight is 361 g/mol. The normalized spacial score (nSPS) is 16.7. The Labute approximate surface area is 151 Å². The SMILES string of the molecule is O=C(NCCCOCC1CCCO1)Nc1nc(-c2ccccc2)cs1. The van der Waals surface area contributed by atoms with Crippen LogP contribution in [0.25, 0.3) is 11.3 Å². The molecule has 1 fully saturated rings. The second kappa shape index (κ2) is 9.50. The Kier molecular flexibility index (Phi) is 6.79. The van der Waals surface area contributed by atoms with Gasteiger partial charge in [0.25, 0.3) is 0 Å². The van der Waals surface area contributed by atoms with E-state index in [1.807, 2.05) is 35.7 Å². The summed E-state index contributed by atoms with van der Waals surface area (Å²) in [6.07, 6.45) is 3.23. The monoisotopic (exact) mass is 361 g/mol. The van der Waals surface area contributed by atoms with Crippen molar-refractivity contribution in [3.05, 3.63) is 35.7 Å². The molecule has 1 saturated heterocycles. The van der Waals surface area contributed by atoms with Crippen LogP contribution >= 0.6 is 11.3 Å². The molecule has 0 bridgehead atoms. The number of amides is 2. The van der Waals surface area contributed by atoms with E-state index >= 15 is 0 Å². The van der Waals surface area contributed by atoms with Gasteiger partial charge in [-0.3, -0.25) is 5.32 Å². The highest BCUT2D eigenvalue weighted by Gasteiger charge is 2.15. The standard InChI is InChI=1S/C18H23N3O3S/c22-17(19-9-5-10-23-12-15-8-4-11-24-15)21-18-20-16(13-25-18)14-6-2-1-3-7-14/h1-3,6-7,13,15H,4-5,8-12H2,(H2,19,20,21,22). The molecule has 1 unspecified atom stereocenters. The number of ether oxygens (including phenoxy) is 2. The Morgan fingerprint density at radius 3 is 3.04 bits per heavy atom. The van der Waals surface area contributed by atoms with Gasteiger partial charge < -0.3 is 14.8 Å². The van der Waals surface area contributed by atoms with Crippen molar-refractivity contribution in [2.75, 3.05) is 31.7 Å². The van der Waals surface area contributed by atoms with Crippen molar-refractivity contribution in [3.63, 3.8) is 0 Å². The maximum atomic E-state index is 11.9. The zero-order valence-electron chi connectivity index (χ0n) is 14.1. The van der Waals surface area contributed by atoms with Crippen LogP contribution in [0.2, 0.25) is 0 Å². The molecule has 2 heterocycles. The molecule has 0 saturated carbocycles. The molecular formula is C18H23N3O3S. The maximum absolute atomic E-state index is 11.9. The molecule has 1 aliphatic heterocycles. The molecule has 1 atom stereocenters. The predicted molar refractivity (Wildman–Crippen MR) is 99.0 cm³/mol. The molecule has 25 heavy (non-hydrogen) atoms. The van der Waals surface area contributed by atoms with E-state index in [-0.39, 0.29) is 12.1 Å². The molecule has 2 N–H and O–H groups in total. The molecule has 3 rings (SSSR count). The number of aromatic nitrogens is 1. The van der Waals surface area contributed by atoms with Gasteiger partial charge in [0, 0.05) is 30.7 Å². The first-order valence-electron chi connectivity index (χ1n) is 8.56. The van der Waals surface area contributed by atoms with E-state index < -0.39 is 0 Å². The summed E-state index contributed by atoms with van der Waals surface area (Å²) in [5, 5.41) is 8.10. The number of nitrogens with one attached hydrogen (secondary N) is 2.